The lowest BCUT2D eigenvalue weighted by molar-refractivity contribution is -0.145. The Morgan fingerprint density at radius 1 is 0.826 bits per heavy atom. The first-order chi connectivity index (χ1) is 22.3. The number of ether oxygens (including phenoxy) is 5. The van der Waals surface area contributed by atoms with Crippen LogP contribution in [0.1, 0.15) is 42.4 Å². The molecular formula is C36H44N2O8. The van der Waals surface area contributed by atoms with Crippen molar-refractivity contribution in [2.75, 3.05) is 41.5 Å². The predicted molar refractivity (Wildman–Crippen MR) is 173 cm³/mol. The summed E-state index contributed by atoms with van der Waals surface area (Å²) in [6.45, 7) is 1.64. The highest BCUT2D eigenvalue weighted by molar-refractivity contribution is 5.84. The molecule has 0 aliphatic carbocycles. The number of hydrogen-bond acceptors (Lipinski definition) is 8. The van der Waals surface area contributed by atoms with Crippen LogP contribution in [0.15, 0.2) is 66.7 Å². The number of esters is 1. The first kappa shape index (κ1) is 34.1. The molecule has 0 spiro atoms. The molecule has 1 fully saturated rings. The molecule has 46 heavy (non-hydrogen) atoms. The Hall–Kier alpha value is -4.73. The lowest BCUT2D eigenvalue weighted by Crippen LogP contribution is -2.44. The zero-order valence-electron chi connectivity index (χ0n) is 27.1. The first-order valence-electron chi connectivity index (χ1n) is 15.5. The molecule has 0 radical (unpaired) electrons. The van der Waals surface area contributed by atoms with Crippen molar-refractivity contribution in [3.05, 3.63) is 83.4 Å². The molecule has 4 rings (SSSR count). The van der Waals surface area contributed by atoms with Crippen LogP contribution in [0.3, 0.4) is 0 Å². The Morgan fingerprint density at radius 2 is 1.48 bits per heavy atom. The highest BCUT2D eigenvalue weighted by atomic mass is 16.5. The summed E-state index contributed by atoms with van der Waals surface area (Å²) in [7, 11) is 6.00. The molecule has 246 valence electrons. The van der Waals surface area contributed by atoms with E-state index in [-0.39, 0.29) is 24.2 Å². The molecule has 1 heterocycles. The number of carbonyl (C=O) groups is 3. The van der Waals surface area contributed by atoms with E-state index in [9.17, 15) is 14.4 Å². The summed E-state index contributed by atoms with van der Waals surface area (Å²) in [5.41, 5.74) is 2.87. The maximum Gasteiger partial charge on any atom is 0.328 e. The topological polar surface area (TPSA) is 113 Å². The van der Waals surface area contributed by atoms with Gasteiger partial charge in [0.15, 0.2) is 11.5 Å². The number of benzene rings is 3. The quantitative estimate of drug-likeness (QED) is 0.239. The Bertz CT molecular complexity index is 1410. The minimum absolute atomic E-state index is 0.0684. The zero-order chi connectivity index (χ0) is 32.9. The Kier molecular flexibility index (Phi) is 12.7. The van der Waals surface area contributed by atoms with Crippen LogP contribution in [0.2, 0.25) is 0 Å². The fraction of sp³-hybridized carbons (Fsp3) is 0.417. The Morgan fingerprint density at radius 3 is 2.07 bits per heavy atom. The molecule has 0 saturated carbocycles. The van der Waals surface area contributed by atoms with E-state index in [4.69, 9.17) is 23.7 Å². The van der Waals surface area contributed by atoms with Crippen molar-refractivity contribution in [3.63, 3.8) is 0 Å². The van der Waals surface area contributed by atoms with Gasteiger partial charge >= 0.3 is 5.97 Å². The third-order valence-electron chi connectivity index (χ3n) is 8.23. The first-order valence-corrected chi connectivity index (χ1v) is 15.5. The van der Waals surface area contributed by atoms with E-state index in [0.717, 1.165) is 35.3 Å². The van der Waals surface area contributed by atoms with Gasteiger partial charge in [-0.3, -0.25) is 9.59 Å². The number of methoxy groups -OCH3 is 4. The van der Waals surface area contributed by atoms with E-state index in [0.29, 0.717) is 56.2 Å². The van der Waals surface area contributed by atoms with E-state index in [2.05, 4.69) is 5.32 Å². The van der Waals surface area contributed by atoms with Crippen LogP contribution in [0.4, 0.5) is 0 Å². The predicted octanol–water partition coefficient (Wildman–Crippen LogP) is 4.75. The van der Waals surface area contributed by atoms with Gasteiger partial charge in [-0.25, -0.2) is 4.79 Å². The molecule has 3 aromatic carbocycles. The monoisotopic (exact) mass is 632 g/mol. The molecule has 1 aliphatic rings. The smallest absolute Gasteiger partial charge is 0.328 e. The number of nitrogens with zero attached hydrogens (tertiary/aromatic N) is 1. The molecular weight excluding hydrogens is 588 g/mol. The molecule has 0 aromatic heterocycles. The summed E-state index contributed by atoms with van der Waals surface area (Å²) in [5, 5.41) is 2.87. The normalized spacial score (nSPS) is 13.8. The fourth-order valence-electron chi connectivity index (χ4n) is 5.62. The Balaban J connectivity index is 1.22. The molecule has 1 N–H and O–H groups in total. The molecule has 2 amide bonds. The number of likely N-dealkylation sites (tertiary alicyclic amines) is 1. The number of carbonyl (C=O) groups excluding carboxylic acids is 3. The van der Waals surface area contributed by atoms with E-state index >= 15 is 0 Å². The van der Waals surface area contributed by atoms with Gasteiger partial charge in [-0.05, 0) is 66.1 Å². The molecule has 1 saturated heterocycles. The fourth-order valence-corrected chi connectivity index (χ4v) is 5.62. The van der Waals surface area contributed by atoms with Crippen LogP contribution in [0, 0.1) is 5.92 Å². The number of piperidine rings is 1. The lowest BCUT2D eigenvalue weighted by Gasteiger charge is -2.32. The molecule has 1 atom stereocenters. The molecule has 0 bridgehead atoms. The number of rotatable bonds is 15. The summed E-state index contributed by atoms with van der Waals surface area (Å²) in [6.07, 6.45) is 2.91. The molecule has 1 aliphatic heterocycles. The SMILES string of the molecule is COC(=O)[C@H](Cc1ccc(OCc2ccccc2)cc1)NC(=O)CC1CCN(C(=O)CCc2cc(OC)c(OC)c(OC)c2)CC1. The molecule has 10 heteroatoms. The summed E-state index contributed by atoms with van der Waals surface area (Å²) < 4.78 is 27.0. The highest BCUT2D eigenvalue weighted by Crippen LogP contribution is 2.38. The number of amides is 2. The average Bonchev–Trinajstić information content (AvgIpc) is 3.09. The zero-order valence-corrected chi connectivity index (χ0v) is 27.1. The molecule has 10 nitrogen and oxygen atoms in total. The number of hydrogen-bond donors (Lipinski definition) is 1. The van der Waals surface area contributed by atoms with Crippen LogP contribution in [-0.2, 0) is 38.6 Å². The second-order valence-electron chi connectivity index (χ2n) is 11.3. The van der Waals surface area contributed by atoms with Crippen molar-refractivity contribution < 1.29 is 38.1 Å². The largest absolute Gasteiger partial charge is 0.493 e. The van der Waals surface area contributed by atoms with Crippen molar-refractivity contribution in [1.82, 2.24) is 10.2 Å². The van der Waals surface area contributed by atoms with E-state index in [1.807, 2.05) is 71.6 Å². The van der Waals surface area contributed by atoms with Crippen LogP contribution in [0.25, 0.3) is 0 Å². The lowest BCUT2D eigenvalue weighted by atomic mass is 9.92. The minimum atomic E-state index is -0.801. The van der Waals surface area contributed by atoms with Crippen molar-refractivity contribution in [2.45, 2.75) is 51.2 Å². The van der Waals surface area contributed by atoms with Gasteiger partial charge in [0.25, 0.3) is 0 Å². The van der Waals surface area contributed by atoms with E-state index in [1.54, 1.807) is 21.3 Å². The standard InChI is InChI=1S/C36H44N2O8/c1-42-31-21-28(22-32(43-2)35(31)44-3)12-15-34(40)38-18-16-26(17-19-38)23-33(39)37-30(36(41)45-4)20-25-10-13-29(14-11-25)46-24-27-8-6-5-7-9-27/h5-11,13-14,21-22,26,30H,12,15-20,23-24H2,1-4H3,(H,37,39)/t30-/m0/s1. The molecule has 3 aromatic rings. The summed E-state index contributed by atoms with van der Waals surface area (Å²) in [4.78, 5) is 40.4. The highest BCUT2D eigenvalue weighted by Gasteiger charge is 2.27. The number of nitrogens with one attached hydrogen (secondary N) is 1. The third kappa shape index (κ3) is 9.63. The van der Waals surface area contributed by atoms with Gasteiger partial charge in [-0.15, -0.1) is 0 Å². The maximum atomic E-state index is 13.0. The van der Waals surface area contributed by atoms with E-state index < -0.39 is 12.0 Å². The maximum absolute atomic E-state index is 13.0. The van der Waals surface area contributed by atoms with Gasteiger partial charge in [-0.1, -0.05) is 42.5 Å². The van der Waals surface area contributed by atoms with Crippen molar-refractivity contribution in [1.29, 1.82) is 0 Å². The van der Waals surface area contributed by atoms with Crippen LogP contribution < -0.4 is 24.3 Å². The van der Waals surface area contributed by atoms with Gasteiger partial charge < -0.3 is 33.9 Å². The summed E-state index contributed by atoms with van der Waals surface area (Å²) in [5.74, 6) is 1.84. The van der Waals surface area contributed by atoms with Crippen LogP contribution >= 0.6 is 0 Å². The van der Waals surface area contributed by atoms with Crippen molar-refractivity contribution in [2.24, 2.45) is 5.92 Å². The second kappa shape index (κ2) is 17.1. The number of aryl methyl sites for hydroxylation is 1. The van der Waals surface area contributed by atoms with Crippen molar-refractivity contribution >= 4 is 17.8 Å². The van der Waals surface area contributed by atoms with Gasteiger partial charge in [0.2, 0.25) is 17.6 Å². The van der Waals surface area contributed by atoms with Crippen LogP contribution in [0.5, 0.6) is 23.0 Å². The van der Waals surface area contributed by atoms with Gasteiger partial charge in [0, 0.05) is 32.4 Å². The van der Waals surface area contributed by atoms with Gasteiger partial charge in [-0.2, -0.15) is 0 Å². The second-order valence-corrected chi connectivity index (χ2v) is 11.3. The molecule has 0 unspecified atom stereocenters. The van der Waals surface area contributed by atoms with Crippen molar-refractivity contribution in [3.8, 4) is 23.0 Å². The van der Waals surface area contributed by atoms with Gasteiger partial charge in [0.1, 0.15) is 18.4 Å². The van der Waals surface area contributed by atoms with E-state index in [1.165, 1.54) is 7.11 Å². The summed E-state index contributed by atoms with van der Waals surface area (Å²) >= 11 is 0. The van der Waals surface area contributed by atoms with Crippen LogP contribution in [-0.4, -0.2) is 70.3 Å². The summed E-state index contributed by atoms with van der Waals surface area (Å²) in [6, 6.07) is 20.3. The average molecular weight is 633 g/mol. The minimum Gasteiger partial charge on any atom is -0.493 e. The Labute approximate surface area is 270 Å². The third-order valence-corrected chi connectivity index (χ3v) is 8.23. The van der Waals surface area contributed by atoms with Gasteiger partial charge in [0.05, 0.1) is 28.4 Å².